The molecule has 2 nitrogen and oxygen atoms in total. The van der Waals surface area contributed by atoms with Crippen LogP contribution in [-0.4, -0.2) is 35.2 Å². The van der Waals surface area contributed by atoms with Gasteiger partial charge in [-0.3, -0.25) is 4.90 Å². The quantitative estimate of drug-likeness (QED) is 0.774. The van der Waals surface area contributed by atoms with Gasteiger partial charge >= 0.3 is 0 Å². The Kier molecular flexibility index (Phi) is 3.82. The normalized spacial score (nSPS) is 31.1. The van der Waals surface area contributed by atoms with E-state index in [2.05, 4.69) is 24.0 Å². The topological polar surface area (TPSA) is 23.5 Å². The molecule has 0 aromatic heterocycles. The average Bonchev–Trinajstić information content (AvgIpc) is 2.26. The summed E-state index contributed by atoms with van der Waals surface area (Å²) in [6, 6.07) is 0.692. The van der Waals surface area contributed by atoms with Crippen LogP contribution in [0.1, 0.15) is 39.5 Å². The Morgan fingerprint density at radius 1 is 1.56 bits per heavy atom. The van der Waals surface area contributed by atoms with E-state index >= 15 is 0 Å². The van der Waals surface area contributed by atoms with Crippen molar-refractivity contribution in [1.29, 1.82) is 0 Å². The van der Waals surface area contributed by atoms with Gasteiger partial charge in [0.05, 0.1) is 6.10 Å². The van der Waals surface area contributed by atoms with E-state index < -0.39 is 0 Å². The fourth-order valence-electron chi connectivity index (χ4n) is 2.81. The summed E-state index contributed by atoms with van der Waals surface area (Å²) in [5, 5.41) is 9.30. The first kappa shape index (κ1) is 11.9. The highest BCUT2D eigenvalue weighted by molar-refractivity contribution is 5.31. The van der Waals surface area contributed by atoms with Gasteiger partial charge in [-0.05, 0) is 45.2 Å². The zero-order chi connectivity index (χ0) is 11.5. The third-order valence-corrected chi connectivity index (χ3v) is 3.66. The van der Waals surface area contributed by atoms with Crippen molar-refractivity contribution in [3.05, 3.63) is 23.3 Å². The molecule has 2 atom stereocenters. The summed E-state index contributed by atoms with van der Waals surface area (Å²) >= 11 is 0. The molecule has 2 heteroatoms. The molecular formula is C14H23NO. The zero-order valence-electron chi connectivity index (χ0n) is 10.4. The molecular weight excluding hydrogens is 198 g/mol. The van der Waals surface area contributed by atoms with E-state index in [9.17, 15) is 5.11 Å². The Bertz CT molecular complexity index is 304. The van der Waals surface area contributed by atoms with Crippen molar-refractivity contribution in [1.82, 2.24) is 4.90 Å². The minimum Gasteiger partial charge on any atom is -0.393 e. The molecule has 0 spiro atoms. The van der Waals surface area contributed by atoms with Crippen LogP contribution in [0.15, 0.2) is 23.3 Å². The van der Waals surface area contributed by atoms with Gasteiger partial charge in [0.1, 0.15) is 0 Å². The number of rotatable bonds is 2. The van der Waals surface area contributed by atoms with Gasteiger partial charge in [-0.2, -0.15) is 0 Å². The number of aliphatic hydroxyl groups excluding tert-OH is 1. The van der Waals surface area contributed by atoms with Gasteiger partial charge in [-0.1, -0.05) is 24.1 Å². The monoisotopic (exact) mass is 221 g/mol. The van der Waals surface area contributed by atoms with E-state index in [1.807, 2.05) is 6.92 Å². The Balaban J connectivity index is 2.07. The van der Waals surface area contributed by atoms with Crippen LogP contribution in [-0.2, 0) is 0 Å². The van der Waals surface area contributed by atoms with Crippen LogP contribution in [0.5, 0.6) is 0 Å². The first-order valence-electron chi connectivity index (χ1n) is 6.46. The second kappa shape index (κ2) is 5.15. The SMILES string of the molecule is CC1=C/C(=C/CC(C)O)CN2CCCCC12. The molecule has 0 aromatic carbocycles. The second-order valence-electron chi connectivity index (χ2n) is 5.23. The summed E-state index contributed by atoms with van der Waals surface area (Å²) in [7, 11) is 0. The summed E-state index contributed by atoms with van der Waals surface area (Å²) in [6.45, 7) is 6.41. The van der Waals surface area contributed by atoms with Crippen molar-refractivity contribution >= 4 is 0 Å². The first-order chi connectivity index (χ1) is 7.66. The molecule has 0 bridgehead atoms. The van der Waals surface area contributed by atoms with E-state index in [1.54, 1.807) is 0 Å². The van der Waals surface area contributed by atoms with Crippen LogP contribution in [0.25, 0.3) is 0 Å². The Morgan fingerprint density at radius 3 is 3.12 bits per heavy atom. The van der Waals surface area contributed by atoms with Crippen LogP contribution in [0, 0.1) is 0 Å². The van der Waals surface area contributed by atoms with E-state index in [0.29, 0.717) is 6.04 Å². The lowest BCUT2D eigenvalue weighted by atomic mass is 9.90. The molecule has 0 radical (unpaired) electrons. The van der Waals surface area contributed by atoms with Gasteiger partial charge in [0.2, 0.25) is 0 Å². The number of hydrogen-bond donors (Lipinski definition) is 1. The van der Waals surface area contributed by atoms with Crippen LogP contribution in [0.2, 0.25) is 0 Å². The van der Waals surface area contributed by atoms with Crippen molar-refractivity contribution in [2.75, 3.05) is 13.1 Å². The van der Waals surface area contributed by atoms with E-state index in [-0.39, 0.29) is 6.10 Å². The molecule has 0 saturated carbocycles. The first-order valence-corrected chi connectivity index (χ1v) is 6.46. The van der Waals surface area contributed by atoms with Crippen molar-refractivity contribution in [2.45, 2.75) is 51.7 Å². The highest BCUT2D eigenvalue weighted by Crippen LogP contribution is 2.28. The van der Waals surface area contributed by atoms with Gasteiger partial charge in [0.15, 0.2) is 0 Å². The third kappa shape index (κ3) is 2.74. The average molecular weight is 221 g/mol. The number of nitrogens with zero attached hydrogens (tertiary/aromatic N) is 1. The molecule has 0 aliphatic carbocycles. The summed E-state index contributed by atoms with van der Waals surface area (Å²) in [5.74, 6) is 0. The van der Waals surface area contributed by atoms with E-state index in [0.717, 1.165) is 13.0 Å². The summed E-state index contributed by atoms with van der Waals surface area (Å²) in [5.41, 5.74) is 2.89. The maximum atomic E-state index is 9.30. The molecule has 90 valence electrons. The van der Waals surface area contributed by atoms with Crippen molar-refractivity contribution in [3.63, 3.8) is 0 Å². The van der Waals surface area contributed by atoms with Crippen molar-refractivity contribution in [3.8, 4) is 0 Å². The molecule has 1 N–H and O–H groups in total. The fraction of sp³-hybridized carbons (Fsp3) is 0.714. The third-order valence-electron chi connectivity index (χ3n) is 3.66. The molecule has 1 saturated heterocycles. The minimum absolute atomic E-state index is 0.222. The van der Waals surface area contributed by atoms with E-state index in [1.165, 1.54) is 37.0 Å². The number of aliphatic hydroxyl groups is 1. The molecule has 2 rings (SSSR count). The van der Waals surface area contributed by atoms with Crippen LogP contribution >= 0.6 is 0 Å². The number of piperidine rings is 1. The Morgan fingerprint density at radius 2 is 2.38 bits per heavy atom. The lowest BCUT2D eigenvalue weighted by Crippen LogP contribution is -2.43. The van der Waals surface area contributed by atoms with Gasteiger partial charge < -0.3 is 5.11 Å². The molecule has 2 aliphatic heterocycles. The molecule has 2 unspecified atom stereocenters. The zero-order valence-corrected chi connectivity index (χ0v) is 10.4. The summed E-state index contributed by atoms with van der Waals surface area (Å²) in [4.78, 5) is 2.59. The van der Waals surface area contributed by atoms with Crippen molar-refractivity contribution < 1.29 is 5.11 Å². The predicted octanol–water partition coefficient (Wildman–Crippen LogP) is 2.50. The highest BCUT2D eigenvalue weighted by atomic mass is 16.3. The highest BCUT2D eigenvalue weighted by Gasteiger charge is 2.26. The molecule has 2 aliphatic rings. The van der Waals surface area contributed by atoms with E-state index in [4.69, 9.17) is 0 Å². The molecule has 2 heterocycles. The smallest absolute Gasteiger partial charge is 0.0546 e. The summed E-state index contributed by atoms with van der Waals surface area (Å²) < 4.78 is 0. The van der Waals surface area contributed by atoms with Crippen LogP contribution in [0.3, 0.4) is 0 Å². The lowest BCUT2D eigenvalue weighted by Gasteiger charge is -2.40. The maximum Gasteiger partial charge on any atom is 0.0546 e. The van der Waals surface area contributed by atoms with Gasteiger partial charge in [-0.25, -0.2) is 0 Å². The second-order valence-corrected chi connectivity index (χ2v) is 5.23. The molecule has 0 amide bonds. The molecule has 1 fully saturated rings. The maximum absolute atomic E-state index is 9.30. The fourth-order valence-corrected chi connectivity index (χ4v) is 2.81. The largest absolute Gasteiger partial charge is 0.393 e. The predicted molar refractivity (Wildman–Crippen MR) is 67.3 cm³/mol. The van der Waals surface area contributed by atoms with Crippen molar-refractivity contribution in [2.24, 2.45) is 0 Å². The Labute approximate surface area is 98.6 Å². The van der Waals surface area contributed by atoms with Gasteiger partial charge in [0, 0.05) is 12.6 Å². The van der Waals surface area contributed by atoms with Crippen LogP contribution in [0.4, 0.5) is 0 Å². The number of fused-ring (bicyclic) bond motifs is 1. The van der Waals surface area contributed by atoms with Gasteiger partial charge in [-0.15, -0.1) is 0 Å². The standard InChI is InChI=1S/C14H23NO/c1-11-9-13(7-6-12(2)16)10-15-8-4-3-5-14(11)15/h7,9,12,14,16H,3-6,8,10H2,1-2H3/b13-7-. The lowest BCUT2D eigenvalue weighted by molar-refractivity contribution is 0.179. The molecule has 16 heavy (non-hydrogen) atoms. The Hall–Kier alpha value is -0.600. The summed E-state index contributed by atoms with van der Waals surface area (Å²) in [6.07, 6.45) is 9.12. The van der Waals surface area contributed by atoms with Crippen LogP contribution < -0.4 is 0 Å². The number of hydrogen-bond acceptors (Lipinski definition) is 2. The van der Waals surface area contributed by atoms with Gasteiger partial charge in [0.25, 0.3) is 0 Å². The molecule has 0 aromatic rings. The minimum atomic E-state index is -0.222.